The second-order valence-corrected chi connectivity index (χ2v) is 9.98. The van der Waals surface area contributed by atoms with E-state index in [0.29, 0.717) is 0 Å². The zero-order valence-electron chi connectivity index (χ0n) is 18.5. The number of benzene rings is 5. The summed E-state index contributed by atoms with van der Waals surface area (Å²) in [4.78, 5) is 2.44. The zero-order valence-corrected chi connectivity index (χ0v) is 20.1. The standard InChI is InChI=1S/C30H20B2BrN/c33-22-19-27-30-29(20-22)34(23-13-5-2-6-14-23)28-18-10-9-17-26(28)32(30)25-16-8-7-15-24(25)31(27)21-11-3-1-4-12-21/h1-20H. The van der Waals surface area contributed by atoms with Crippen LogP contribution >= 0.6 is 15.9 Å². The van der Waals surface area contributed by atoms with Crippen molar-refractivity contribution in [2.75, 3.05) is 4.90 Å². The first-order chi connectivity index (χ1) is 16.8. The Hall–Kier alpha value is -3.49. The Balaban J connectivity index is 1.60. The van der Waals surface area contributed by atoms with Crippen LogP contribution in [0.4, 0.5) is 17.1 Å². The van der Waals surface area contributed by atoms with Gasteiger partial charge in [-0.15, -0.1) is 0 Å². The summed E-state index contributed by atoms with van der Waals surface area (Å²) in [5.41, 5.74) is 12.0. The Morgan fingerprint density at radius 1 is 0.500 bits per heavy atom. The van der Waals surface area contributed by atoms with Gasteiger partial charge in [0.05, 0.1) is 0 Å². The van der Waals surface area contributed by atoms with Gasteiger partial charge >= 0.3 is 0 Å². The third-order valence-corrected chi connectivity index (χ3v) is 7.71. The Labute approximate surface area is 209 Å². The largest absolute Gasteiger partial charge is 0.312 e. The lowest BCUT2D eigenvalue weighted by molar-refractivity contribution is 1.29. The van der Waals surface area contributed by atoms with Crippen molar-refractivity contribution < 1.29 is 0 Å². The van der Waals surface area contributed by atoms with E-state index in [2.05, 4.69) is 142 Å². The van der Waals surface area contributed by atoms with Crippen LogP contribution in [0.3, 0.4) is 0 Å². The van der Waals surface area contributed by atoms with Gasteiger partial charge in [0.15, 0.2) is 0 Å². The van der Waals surface area contributed by atoms with Crippen molar-refractivity contribution >= 4 is 79.2 Å². The van der Waals surface area contributed by atoms with Crippen LogP contribution in [0, 0.1) is 0 Å². The van der Waals surface area contributed by atoms with Gasteiger partial charge in [0.2, 0.25) is 13.4 Å². The van der Waals surface area contributed by atoms with Crippen LogP contribution in [0.1, 0.15) is 0 Å². The highest BCUT2D eigenvalue weighted by atomic mass is 79.9. The van der Waals surface area contributed by atoms with E-state index in [-0.39, 0.29) is 13.4 Å². The Morgan fingerprint density at radius 3 is 1.82 bits per heavy atom. The molecule has 2 aliphatic rings. The molecule has 34 heavy (non-hydrogen) atoms. The van der Waals surface area contributed by atoms with Gasteiger partial charge in [0.1, 0.15) is 0 Å². The summed E-state index contributed by atoms with van der Waals surface area (Å²) in [6, 6.07) is 44.2. The van der Waals surface area contributed by atoms with Crippen molar-refractivity contribution in [3.05, 3.63) is 126 Å². The number of hydrogen-bond donors (Lipinski definition) is 0. The van der Waals surface area contributed by atoms with E-state index in [4.69, 9.17) is 0 Å². The Kier molecular flexibility index (Phi) is 4.56. The average Bonchev–Trinajstić information content (AvgIpc) is 2.89. The topological polar surface area (TPSA) is 3.24 Å². The van der Waals surface area contributed by atoms with Crippen LogP contribution < -0.4 is 37.7 Å². The van der Waals surface area contributed by atoms with Gasteiger partial charge in [-0.1, -0.05) is 135 Å². The lowest BCUT2D eigenvalue weighted by atomic mass is 9.20. The first kappa shape index (κ1) is 19.9. The lowest BCUT2D eigenvalue weighted by Crippen LogP contribution is -2.76. The summed E-state index contributed by atoms with van der Waals surface area (Å²) in [6.07, 6.45) is 0. The van der Waals surface area contributed by atoms with E-state index in [1.54, 1.807) is 0 Å². The molecule has 7 rings (SSSR count). The summed E-state index contributed by atoms with van der Waals surface area (Å²) >= 11 is 3.88. The normalized spacial score (nSPS) is 13.3. The molecule has 5 aromatic rings. The van der Waals surface area contributed by atoms with E-state index in [1.165, 1.54) is 49.8 Å². The SMILES string of the molecule is Brc1cc2c3c(c1)N(c1ccccc1)c1ccccc1B3c1ccccc1B2c1ccccc1. The molecule has 0 unspecified atom stereocenters. The second-order valence-electron chi connectivity index (χ2n) is 9.06. The first-order valence-electron chi connectivity index (χ1n) is 11.7. The minimum atomic E-state index is 0.197. The number of fused-ring (bicyclic) bond motifs is 4. The fraction of sp³-hybridized carbons (Fsp3) is 0. The molecule has 0 bridgehead atoms. The van der Waals surface area contributed by atoms with Gasteiger partial charge in [-0.2, -0.15) is 0 Å². The molecule has 0 saturated heterocycles. The number of rotatable bonds is 2. The molecule has 0 spiro atoms. The van der Waals surface area contributed by atoms with Crippen LogP contribution in [-0.2, 0) is 0 Å². The third kappa shape index (κ3) is 2.88. The maximum atomic E-state index is 3.88. The van der Waals surface area contributed by atoms with E-state index in [1.807, 2.05) is 0 Å². The van der Waals surface area contributed by atoms with Gasteiger partial charge in [0.25, 0.3) is 0 Å². The molecule has 5 aromatic carbocycles. The van der Waals surface area contributed by atoms with Crippen LogP contribution in [0.5, 0.6) is 0 Å². The molecular formula is C30H20B2BrN. The van der Waals surface area contributed by atoms with Crippen molar-refractivity contribution in [3.63, 3.8) is 0 Å². The maximum Gasteiger partial charge on any atom is 0.245 e. The predicted octanol–water partition coefficient (Wildman–Crippen LogP) is 3.58. The predicted molar refractivity (Wildman–Crippen MR) is 151 cm³/mol. The molecule has 0 saturated carbocycles. The van der Waals surface area contributed by atoms with Crippen LogP contribution in [-0.4, -0.2) is 13.4 Å². The quantitative estimate of drug-likeness (QED) is 0.331. The van der Waals surface area contributed by atoms with E-state index in [9.17, 15) is 0 Å². The summed E-state index contributed by atoms with van der Waals surface area (Å²) in [5, 5.41) is 0. The van der Waals surface area contributed by atoms with E-state index >= 15 is 0 Å². The zero-order chi connectivity index (χ0) is 22.6. The highest BCUT2D eigenvalue weighted by Gasteiger charge is 2.44. The minimum Gasteiger partial charge on any atom is -0.312 e. The second kappa shape index (κ2) is 7.78. The molecule has 0 atom stereocenters. The smallest absolute Gasteiger partial charge is 0.245 e. The van der Waals surface area contributed by atoms with Crippen LogP contribution in [0.15, 0.2) is 126 Å². The number of nitrogens with zero attached hydrogens (tertiary/aromatic N) is 1. The summed E-state index contributed by atoms with van der Waals surface area (Å²) in [7, 11) is 0. The Bertz CT molecular complexity index is 1420. The van der Waals surface area contributed by atoms with Gasteiger partial charge in [-0.25, -0.2) is 0 Å². The Morgan fingerprint density at radius 2 is 1.09 bits per heavy atom. The van der Waals surface area contributed by atoms with Crippen molar-refractivity contribution in [1.29, 1.82) is 0 Å². The fourth-order valence-corrected chi connectivity index (χ4v) is 6.43. The molecule has 0 amide bonds. The van der Waals surface area contributed by atoms with Crippen molar-refractivity contribution in [1.82, 2.24) is 0 Å². The first-order valence-corrected chi connectivity index (χ1v) is 12.5. The molecule has 2 aliphatic heterocycles. The number of para-hydroxylation sites is 2. The molecular weight excluding hydrogens is 476 g/mol. The number of hydrogen-bond acceptors (Lipinski definition) is 1. The monoisotopic (exact) mass is 495 g/mol. The molecule has 0 aliphatic carbocycles. The average molecular weight is 496 g/mol. The molecule has 0 fully saturated rings. The molecule has 0 N–H and O–H groups in total. The molecule has 158 valence electrons. The molecule has 2 heterocycles. The summed E-state index contributed by atoms with van der Waals surface area (Å²) in [5.74, 6) is 0. The van der Waals surface area contributed by atoms with Crippen LogP contribution in [0.25, 0.3) is 0 Å². The van der Waals surface area contributed by atoms with Gasteiger partial charge in [-0.3, -0.25) is 0 Å². The van der Waals surface area contributed by atoms with Crippen molar-refractivity contribution in [2.45, 2.75) is 0 Å². The van der Waals surface area contributed by atoms with Crippen molar-refractivity contribution in [2.24, 2.45) is 0 Å². The maximum absolute atomic E-state index is 3.88. The fourth-order valence-electron chi connectivity index (χ4n) is 5.97. The summed E-state index contributed by atoms with van der Waals surface area (Å²) in [6.45, 7) is 0.410. The lowest BCUT2D eigenvalue weighted by Gasteiger charge is -2.42. The minimum absolute atomic E-state index is 0.197. The van der Waals surface area contributed by atoms with Gasteiger partial charge < -0.3 is 4.90 Å². The number of anilines is 3. The van der Waals surface area contributed by atoms with E-state index in [0.717, 1.165) is 4.47 Å². The van der Waals surface area contributed by atoms with E-state index < -0.39 is 0 Å². The highest BCUT2D eigenvalue weighted by molar-refractivity contribution is 9.10. The molecule has 0 radical (unpaired) electrons. The third-order valence-electron chi connectivity index (χ3n) is 7.25. The molecule has 1 nitrogen and oxygen atoms in total. The van der Waals surface area contributed by atoms with Gasteiger partial charge in [0, 0.05) is 21.5 Å². The van der Waals surface area contributed by atoms with Crippen LogP contribution in [0.2, 0.25) is 0 Å². The number of halogens is 1. The summed E-state index contributed by atoms with van der Waals surface area (Å²) < 4.78 is 1.11. The molecule has 4 heteroatoms. The van der Waals surface area contributed by atoms with Gasteiger partial charge in [-0.05, 0) is 35.2 Å². The van der Waals surface area contributed by atoms with Crippen molar-refractivity contribution in [3.8, 4) is 0 Å². The molecule has 0 aromatic heterocycles. The highest BCUT2D eigenvalue weighted by Crippen LogP contribution is 2.36.